The van der Waals surface area contributed by atoms with E-state index < -0.39 is 10.0 Å². The third-order valence-corrected chi connectivity index (χ3v) is 8.59. The van der Waals surface area contributed by atoms with Crippen LogP contribution < -0.4 is 5.73 Å². The number of morpholine rings is 1. The summed E-state index contributed by atoms with van der Waals surface area (Å²) in [6.45, 7) is 5.99. The second kappa shape index (κ2) is 11.5. The number of nitrogen functional groups attached to an aromatic ring is 1. The Morgan fingerprint density at radius 1 is 1.05 bits per heavy atom. The fourth-order valence-electron chi connectivity index (χ4n) is 4.91. The van der Waals surface area contributed by atoms with Gasteiger partial charge in [0.15, 0.2) is 0 Å². The summed E-state index contributed by atoms with van der Waals surface area (Å²) in [6.07, 6.45) is 2.85. The average Bonchev–Trinajstić information content (AvgIpc) is 3.27. The first-order valence-corrected chi connectivity index (χ1v) is 15.0. The lowest BCUT2D eigenvalue weighted by Crippen LogP contribution is -2.37. The number of ether oxygens (including phenoxy) is 1. The highest BCUT2D eigenvalue weighted by atomic mass is 35.5. The molecule has 8 nitrogen and oxygen atoms in total. The molecule has 3 aromatic rings. The molecule has 0 spiro atoms. The third kappa shape index (κ3) is 6.22. The monoisotopic (exact) mass is 553 g/mol. The molecule has 38 heavy (non-hydrogen) atoms. The van der Waals surface area contributed by atoms with Gasteiger partial charge < -0.3 is 10.5 Å². The van der Waals surface area contributed by atoms with Crippen LogP contribution in [0.2, 0.25) is 5.02 Å². The zero-order valence-corrected chi connectivity index (χ0v) is 23.1. The fourth-order valence-corrected chi connectivity index (χ4v) is 5.86. The largest absolute Gasteiger partial charge is 0.399 e. The van der Waals surface area contributed by atoms with Crippen LogP contribution in [0.5, 0.6) is 0 Å². The lowest BCUT2D eigenvalue weighted by atomic mass is 10.0. The highest BCUT2D eigenvalue weighted by Gasteiger charge is 2.30. The Kier molecular flexibility index (Phi) is 8.07. The second-order valence-electron chi connectivity index (χ2n) is 9.72. The van der Waals surface area contributed by atoms with Gasteiger partial charge in [-0.05, 0) is 42.8 Å². The van der Waals surface area contributed by atoms with Gasteiger partial charge in [0, 0.05) is 79.3 Å². The molecule has 0 aliphatic carbocycles. The van der Waals surface area contributed by atoms with E-state index in [0.717, 1.165) is 73.9 Å². The van der Waals surface area contributed by atoms with Crippen LogP contribution >= 0.6 is 11.6 Å². The minimum absolute atomic E-state index is 0.308. The summed E-state index contributed by atoms with van der Waals surface area (Å²) in [5, 5.41) is 5.56. The molecule has 200 valence electrons. The van der Waals surface area contributed by atoms with Crippen LogP contribution in [0.3, 0.4) is 0 Å². The molecule has 3 heterocycles. The molecule has 0 saturated carbocycles. The van der Waals surface area contributed by atoms with Gasteiger partial charge in [0.05, 0.1) is 30.2 Å². The minimum Gasteiger partial charge on any atom is -0.399 e. The predicted molar refractivity (Wildman–Crippen MR) is 150 cm³/mol. The lowest BCUT2D eigenvalue weighted by molar-refractivity contribution is 0.0368. The number of nitrogens with two attached hydrogens (primary N) is 1. The maximum Gasteiger partial charge on any atom is 0.211 e. The first kappa shape index (κ1) is 26.7. The predicted octanol–water partition coefficient (Wildman–Crippen LogP) is 3.23. The number of benzene rings is 2. The molecule has 10 heteroatoms. The van der Waals surface area contributed by atoms with Gasteiger partial charge >= 0.3 is 0 Å². The van der Waals surface area contributed by atoms with E-state index in [0.29, 0.717) is 35.8 Å². The molecule has 2 aromatic carbocycles. The van der Waals surface area contributed by atoms with Crippen molar-refractivity contribution >= 4 is 27.3 Å². The smallest absolute Gasteiger partial charge is 0.211 e. The van der Waals surface area contributed by atoms with E-state index in [4.69, 9.17) is 27.2 Å². The molecule has 2 aliphatic heterocycles. The number of halogens is 1. The van der Waals surface area contributed by atoms with Crippen LogP contribution in [0.25, 0.3) is 11.3 Å². The van der Waals surface area contributed by atoms with E-state index >= 15 is 0 Å². The first-order chi connectivity index (χ1) is 18.3. The van der Waals surface area contributed by atoms with E-state index in [1.165, 1.54) is 10.6 Å². The number of fused-ring (bicyclic) bond motifs is 1. The number of sulfonamides is 1. The molecule has 1 fully saturated rings. The zero-order chi connectivity index (χ0) is 26.7. The van der Waals surface area contributed by atoms with Crippen molar-refractivity contribution in [1.82, 2.24) is 19.0 Å². The molecule has 0 bridgehead atoms. The number of anilines is 1. The Hall–Kier alpha value is -2.87. The second-order valence-corrected chi connectivity index (χ2v) is 12.1. The SMILES string of the molecule is CS(=O)(=O)N1CCc2c(c(-c3ccc(Cl)c(C#Cc4ccc(N)cc4)c3)nn2CCCN2CCOCC2)C1. The molecular weight excluding hydrogens is 522 g/mol. The average molecular weight is 554 g/mol. The molecule has 1 saturated heterocycles. The lowest BCUT2D eigenvalue weighted by Gasteiger charge is -2.27. The van der Waals surface area contributed by atoms with Crippen LogP contribution in [-0.2, 0) is 34.3 Å². The van der Waals surface area contributed by atoms with E-state index in [2.05, 4.69) is 21.4 Å². The minimum atomic E-state index is -3.32. The van der Waals surface area contributed by atoms with E-state index in [-0.39, 0.29) is 0 Å². The zero-order valence-electron chi connectivity index (χ0n) is 21.5. The summed E-state index contributed by atoms with van der Waals surface area (Å²) < 4.78 is 33.8. The van der Waals surface area contributed by atoms with Crippen molar-refractivity contribution in [3.63, 3.8) is 0 Å². The summed E-state index contributed by atoms with van der Waals surface area (Å²) in [7, 11) is -3.32. The Labute approximate surface area is 229 Å². The van der Waals surface area contributed by atoms with Crippen LogP contribution in [0.1, 0.15) is 28.8 Å². The molecular formula is C28H32ClN5O3S. The van der Waals surface area contributed by atoms with Crippen molar-refractivity contribution in [2.24, 2.45) is 0 Å². The Bertz CT molecular complexity index is 1470. The van der Waals surface area contributed by atoms with Gasteiger partial charge in [-0.25, -0.2) is 8.42 Å². The number of hydrogen-bond donors (Lipinski definition) is 1. The summed E-state index contributed by atoms with van der Waals surface area (Å²) in [6, 6.07) is 13.1. The third-order valence-electron chi connectivity index (χ3n) is 7.01. The molecule has 0 amide bonds. The van der Waals surface area contributed by atoms with Crippen LogP contribution in [0, 0.1) is 11.8 Å². The van der Waals surface area contributed by atoms with Crippen LogP contribution in [-0.4, -0.2) is 73.1 Å². The van der Waals surface area contributed by atoms with E-state index in [1.54, 1.807) is 0 Å². The highest BCUT2D eigenvalue weighted by Crippen LogP contribution is 2.33. The van der Waals surface area contributed by atoms with E-state index in [9.17, 15) is 8.42 Å². The molecule has 1 aromatic heterocycles. The Balaban J connectivity index is 1.45. The molecule has 5 rings (SSSR count). The van der Waals surface area contributed by atoms with Gasteiger partial charge in [0.2, 0.25) is 10.0 Å². The fraction of sp³-hybridized carbons (Fsp3) is 0.393. The summed E-state index contributed by atoms with van der Waals surface area (Å²) >= 11 is 6.50. The van der Waals surface area contributed by atoms with E-state index in [1.807, 2.05) is 42.5 Å². The van der Waals surface area contributed by atoms with Crippen molar-refractivity contribution in [2.75, 3.05) is 51.4 Å². The molecule has 0 radical (unpaired) electrons. The van der Waals surface area contributed by atoms with Crippen molar-refractivity contribution in [3.8, 4) is 23.1 Å². The van der Waals surface area contributed by atoms with Crippen molar-refractivity contribution in [1.29, 1.82) is 0 Å². The van der Waals surface area contributed by atoms with Crippen LogP contribution in [0.4, 0.5) is 5.69 Å². The number of aryl methyl sites for hydroxylation is 1. The summed E-state index contributed by atoms with van der Waals surface area (Å²) in [5.74, 6) is 6.31. The molecule has 2 aliphatic rings. The number of rotatable bonds is 6. The van der Waals surface area contributed by atoms with Gasteiger partial charge in [0.1, 0.15) is 0 Å². The van der Waals surface area contributed by atoms with Crippen molar-refractivity contribution in [3.05, 3.63) is 69.9 Å². The van der Waals surface area contributed by atoms with Gasteiger partial charge in [-0.3, -0.25) is 9.58 Å². The van der Waals surface area contributed by atoms with Crippen LogP contribution in [0.15, 0.2) is 42.5 Å². The van der Waals surface area contributed by atoms with Gasteiger partial charge in [-0.2, -0.15) is 9.40 Å². The molecule has 2 N–H and O–H groups in total. The Morgan fingerprint density at radius 2 is 1.82 bits per heavy atom. The maximum absolute atomic E-state index is 12.4. The number of hydrogen-bond acceptors (Lipinski definition) is 6. The molecule has 0 unspecified atom stereocenters. The summed E-state index contributed by atoms with van der Waals surface area (Å²) in [4.78, 5) is 2.41. The van der Waals surface area contributed by atoms with Crippen molar-refractivity contribution in [2.45, 2.75) is 25.9 Å². The van der Waals surface area contributed by atoms with Gasteiger partial charge in [0.25, 0.3) is 0 Å². The van der Waals surface area contributed by atoms with Crippen molar-refractivity contribution < 1.29 is 13.2 Å². The Morgan fingerprint density at radius 3 is 2.55 bits per heavy atom. The highest BCUT2D eigenvalue weighted by molar-refractivity contribution is 7.88. The number of aromatic nitrogens is 2. The summed E-state index contributed by atoms with van der Waals surface area (Å²) in [5.41, 5.74) is 11.7. The maximum atomic E-state index is 12.4. The standard InChI is InChI=1S/C28H32ClN5O3S/c1-38(35,36)33-14-11-27-25(20-33)28(31-34(27)13-2-12-32-15-17-37-18-16-32)23-7-10-26(29)22(19-23)6-3-21-4-8-24(30)9-5-21/h4-5,7-10,19H,2,11-18,20,30H2,1H3. The number of nitrogens with zero attached hydrogens (tertiary/aromatic N) is 4. The first-order valence-electron chi connectivity index (χ1n) is 12.8. The molecule has 0 atom stereocenters. The normalized spacial score (nSPS) is 16.6. The van der Waals surface area contributed by atoms with Gasteiger partial charge in [-0.1, -0.05) is 29.5 Å². The topological polar surface area (TPSA) is 93.7 Å². The quantitative estimate of drug-likeness (QED) is 0.372. The van der Waals surface area contributed by atoms with Gasteiger partial charge in [-0.15, -0.1) is 0 Å².